The maximum Gasteiger partial charge on any atom is 0.290 e. The molecule has 0 amide bonds. The molecule has 0 saturated heterocycles. The normalized spacial score (nSPS) is 11.0. The van der Waals surface area contributed by atoms with Crippen molar-refractivity contribution in [3.63, 3.8) is 0 Å². The number of carbonyl (C=O) groups is 1. The summed E-state index contributed by atoms with van der Waals surface area (Å²) < 4.78 is 3.50. The van der Waals surface area contributed by atoms with E-state index in [0.717, 1.165) is 28.2 Å². The third kappa shape index (κ3) is 2.80. The van der Waals surface area contributed by atoms with Crippen LogP contribution in [0.25, 0.3) is 16.8 Å². The summed E-state index contributed by atoms with van der Waals surface area (Å²) in [6.45, 7) is 5.87. The summed E-state index contributed by atoms with van der Waals surface area (Å²) in [6, 6.07) is 14.2. The van der Waals surface area contributed by atoms with E-state index in [2.05, 4.69) is 41.7 Å². The molecule has 5 heteroatoms. The molecular formula is C21H19N3OS. The van der Waals surface area contributed by atoms with Gasteiger partial charge in [-0.2, -0.15) is 5.10 Å². The van der Waals surface area contributed by atoms with Gasteiger partial charge in [0.05, 0.1) is 11.4 Å². The van der Waals surface area contributed by atoms with E-state index in [9.17, 15) is 4.79 Å². The maximum atomic E-state index is 13.2. The van der Waals surface area contributed by atoms with Crippen LogP contribution in [0.2, 0.25) is 0 Å². The van der Waals surface area contributed by atoms with E-state index >= 15 is 0 Å². The van der Waals surface area contributed by atoms with Crippen molar-refractivity contribution in [1.82, 2.24) is 14.3 Å². The van der Waals surface area contributed by atoms with Crippen molar-refractivity contribution in [2.24, 2.45) is 0 Å². The fraction of sp³-hybridized carbons (Fsp3) is 0.143. The molecule has 0 radical (unpaired) electrons. The molecule has 0 aliphatic carbocycles. The Kier molecular flexibility index (Phi) is 4.09. The van der Waals surface area contributed by atoms with Crippen LogP contribution in [0.3, 0.4) is 0 Å². The first-order valence-electron chi connectivity index (χ1n) is 8.44. The van der Waals surface area contributed by atoms with E-state index in [-0.39, 0.29) is 5.91 Å². The van der Waals surface area contributed by atoms with Crippen LogP contribution in [0.1, 0.15) is 26.6 Å². The first-order chi connectivity index (χ1) is 12.5. The van der Waals surface area contributed by atoms with Crippen LogP contribution in [-0.4, -0.2) is 20.3 Å². The molecule has 26 heavy (non-hydrogen) atoms. The Bertz CT molecular complexity index is 1070. The standard InChI is InChI=1S/C21H19N3OS/c1-14-6-8-17(9-7-14)18-13-26-20(19(18)23-10-4-5-11-23)21(25)24-16(3)12-15(2)22-24/h4-13H,1-3H3. The van der Waals surface area contributed by atoms with E-state index in [0.29, 0.717) is 4.88 Å². The molecule has 4 rings (SSSR count). The van der Waals surface area contributed by atoms with Gasteiger partial charge in [0, 0.05) is 29.0 Å². The summed E-state index contributed by atoms with van der Waals surface area (Å²) in [5, 5.41) is 6.42. The van der Waals surface area contributed by atoms with Gasteiger partial charge in [-0.15, -0.1) is 11.3 Å². The van der Waals surface area contributed by atoms with Crippen molar-refractivity contribution in [3.8, 4) is 16.8 Å². The first kappa shape index (κ1) is 16.5. The van der Waals surface area contributed by atoms with Crippen molar-refractivity contribution in [2.45, 2.75) is 20.8 Å². The van der Waals surface area contributed by atoms with Gasteiger partial charge < -0.3 is 4.57 Å². The molecule has 130 valence electrons. The number of hydrogen-bond donors (Lipinski definition) is 0. The zero-order chi connectivity index (χ0) is 18.3. The maximum absolute atomic E-state index is 13.2. The van der Waals surface area contributed by atoms with Gasteiger partial charge in [0.2, 0.25) is 0 Å². The number of thiophene rings is 1. The van der Waals surface area contributed by atoms with Crippen LogP contribution in [0.4, 0.5) is 0 Å². The van der Waals surface area contributed by atoms with Crippen LogP contribution >= 0.6 is 11.3 Å². The number of rotatable bonds is 3. The highest BCUT2D eigenvalue weighted by Gasteiger charge is 2.23. The summed E-state index contributed by atoms with van der Waals surface area (Å²) in [6.07, 6.45) is 3.94. The van der Waals surface area contributed by atoms with Gasteiger partial charge in [0.1, 0.15) is 4.88 Å². The zero-order valence-corrected chi connectivity index (χ0v) is 15.7. The molecule has 0 N–H and O–H groups in total. The first-order valence-corrected chi connectivity index (χ1v) is 9.32. The Morgan fingerprint density at radius 2 is 1.73 bits per heavy atom. The zero-order valence-electron chi connectivity index (χ0n) is 14.9. The lowest BCUT2D eigenvalue weighted by atomic mass is 10.0. The number of carbonyl (C=O) groups excluding carboxylic acids is 1. The minimum Gasteiger partial charge on any atom is -0.322 e. The number of aryl methyl sites for hydroxylation is 3. The second kappa shape index (κ2) is 6.42. The lowest BCUT2D eigenvalue weighted by Crippen LogP contribution is -2.16. The van der Waals surface area contributed by atoms with Crippen molar-refractivity contribution < 1.29 is 4.79 Å². The summed E-state index contributed by atoms with van der Waals surface area (Å²) in [4.78, 5) is 13.9. The minimum atomic E-state index is -0.0948. The third-order valence-electron chi connectivity index (χ3n) is 4.39. The smallest absolute Gasteiger partial charge is 0.290 e. The summed E-state index contributed by atoms with van der Waals surface area (Å²) >= 11 is 1.46. The van der Waals surface area contributed by atoms with E-state index in [1.807, 2.05) is 49.0 Å². The molecule has 1 aromatic carbocycles. The molecular weight excluding hydrogens is 342 g/mol. The Balaban J connectivity index is 1.89. The lowest BCUT2D eigenvalue weighted by Gasteiger charge is -2.10. The monoisotopic (exact) mass is 361 g/mol. The second-order valence-corrected chi connectivity index (χ2v) is 7.31. The number of hydrogen-bond acceptors (Lipinski definition) is 3. The van der Waals surface area contributed by atoms with Gasteiger partial charge in [-0.25, -0.2) is 4.68 Å². The molecule has 0 aliphatic heterocycles. The molecule has 4 nitrogen and oxygen atoms in total. The fourth-order valence-corrected chi connectivity index (χ4v) is 4.11. The van der Waals surface area contributed by atoms with E-state index in [4.69, 9.17) is 0 Å². The number of aromatic nitrogens is 3. The molecule has 3 aromatic heterocycles. The highest BCUT2D eigenvalue weighted by atomic mass is 32.1. The average molecular weight is 361 g/mol. The molecule has 0 aliphatic rings. The average Bonchev–Trinajstić information content (AvgIpc) is 3.34. The van der Waals surface area contributed by atoms with Crippen LogP contribution in [-0.2, 0) is 0 Å². The van der Waals surface area contributed by atoms with Crippen molar-refractivity contribution in [1.29, 1.82) is 0 Å². The third-order valence-corrected chi connectivity index (χ3v) is 5.34. The quantitative estimate of drug-likeness (QED) is 0.514. The van der Waals surface area contributed by atoms with Crippen LogP contribution in [0.5, 0.6) is 0 Å². The van der Waals surface area contributed by atoms with Gasteiger partial charge in [0.15, 0.2) is 0 Å². The lowest BCUT2D eigenvalue weighted by molar-refractivity contribution is 0.0946. The highest BCUT2D eigenvalue weighted by Crippen LogP contribution is 2.35. The minimum absolute atomic E-state index is 0.0948. The summed E-state index contributed by atoms with van der Waals surface area (Å²) in [5.74, 6) is -0.0948. The predicted octanol–water partition coefficient (Wildman–Crippen LogP) is 5.02. The van der Waals surface area contributed by atoms with Crippen LogP contribution in [0.15, 0.2) is 60.2 Å². The van der Waals surface area contributed by atoms with Crippen LogP contribution in [0, 0.1) is 20.8 Å². The van der Waals surface area contributed by atoms with E-state index in [1.165, 1.54) is 21.6 Å². The molecule has 0 unspecified atom stereocenters. The van der Waals surface area contributed by atoms with Gasteiger partial charge in [-0.1, -0.05) is 29.8 Å². The second-order valence-electron chi connectivity index (χ2n) is 6.43. The molecule has 0 bridgehead atoms. The Morgan fingerprint density at radius 3 is 2.35 bits per heavy atom. The predicted molar refractivity (Wildman–Crippen MR) is 105 cm³/mol. The molecule has 3 heterocycles. The van der Waals surface area contributed by atoms with Crippen molar-refractivity contribution in [2.75, 3.05) is 0 Å². The highest BCUT2D eigenvalue weighted by molar-refractivity contribution is 7.13. The molecule has 0 atom stereocenters. The Morgan fingerprint density at radius 1 is 1.04 bits per heavy atom. The molecule has 0 fully saturated rings. The SMILES string of the molecule is Cc1ccc(-c2csc(C(=O)n3nc(C)cc3C)c2-n2cccc2)cc1. The van der Waals surface area contributed by atoms with Gasteiger partial charge in [-0.3, -0.25) is 4.79 Å². The Labute approximate surface area is 156 Å². The molecule has 0 spiro atoms. The molecule has 4 aromatic rings. The van der Waals surface area contributed by atoms with Crippen molar-refractivity contribution >= 4 is 17.2 Å². The summed E-state index contributed by atoms with van der Waals surface area (Å²) in [7, 11) is 0. The summed E-state index contributed by atoms with van der Waals surface area (Å²) in [5.41, 5.74) is 5.95. The largest absolute Gasteiger partial charge is 0.322 e. The van der Waals surface area contributed by atoms with Crippen LogP contribution < -0.4 is 0 Å². The van der Waals surface area contributed by atoms with E-state index < -0.39 is 0 Å². The van der Waals surface area contributed by atoms with Gasteiger partial charge in [0.25, 0.3) is 5.91 Å². The Hall–Kier alpha value is -2.92. The van der Waals surface area contributed by atoms with Gasteiger partial charge >= 0.3 is 0 Å². The topological polar surface area (TPSA) is 39.8 Å². The molecule has 0 saturated carbocycles. The fourth-order valence-electron chi connectivity index (χ4n) is 3.11. The van der Waals surface area contributed by atoms with Crippen molar-refractivity contribution in [3.05, 3.63) is 82.1 Å². The van der Waals surface area contributed by atoms with E-state index in [1.54, 1.807) is 0 Å². The number of nitrogens with zero attached hydrogens (tertiary/aromatic N) is 3. The number of benzene rings is 1. The van der Waals surface area contributed by atoms with Gasteiger partial charge in [-0.05, 0) is 44.5 Å².